The van der Waals surface area contributed by atoms with Crippen LogP contribution in [-0.2, 0) is 13.5 Å². The molecule has 2 aromatic rings. The van der Waals surface area contributed by atoms with Crippen LogP contribution in [0.3, 0.4) is 0 Å². The smallest absolute Gasteiger partial charge is 0.310 e. The van der Waals surface area contributed by atoms with Crippen LogP contribution in [-0.4, -0.2) is 19.7 Å². The highest BCUT2D eigenvalue weighted by atomic mass is 16.6. The molecule has 0 saturated heterocycles. The molecule has 2 aromatic heterocycles. The molecule has 0 saturated carbocycles. The van der Waals surface area contributed by atoms with Crippen LogP contribution in [0.1, 0.15) is 12.6 Å². The molecular weight excluding hydrogens is 234 g/mol. The average molecular weight is 247 g/mol. The van der Waals surface area contributed by atoms with Crippen molar-refractivity contribution in [3.63, 3.8) is 0 Å². The van der Waals surface area contributed by atoms with Gasteiger partial charge in [-0.2, -0.15) is 5.10 Å². The molecule has 18 heavy (non-hydrogen) atoms. The molecule has 0 fully saturated rings. The Kier molecular flexibility index (Phi) is 3.22. The molecule has 2 rings (SSSR count). The summed E-state index contributed by atoms with van der Waals surface area (Å²) in [6.07, 6.45) is 5.28. The lowest BCUT2D eigenvalue weighted by Crippen LogP contribution is -1.98. The van der Waals surface area contributed by atoms with E-state index in [1.165, 1.54) is 12.4 Å². The summed E-state index contributed by atoms with van der Waals surface area (Å²) in [5.74, 6) is 0. The number of aryl methyl sites for hydroxylation is 2. The van der Waals surface area contributed by atoms with Gasteiger partial charge in [0.2, 0.25) is 0 Å². The van der Waals surface area contributed by atoms with Crippen molar-refractivity contribution in [2.45, 2.75) is 13.3 Å². The minimum absolute atomic E-state index is 0.0524. The minimum atomic E-state index is -0.461. The third-order valence-corrected chi connectivity index (χ3v) is 2.51. The van der Waals surface area contributed by atoms with Crippen molar-refractivity contribution in [3.8, 4) is 0 Å². The summed E-state index contributed by atoms with van der Waals surface area (Å²) >= 11 is 0. The maximum atomic E-state index is 10.9. The van der Waals surface area contributed by atoms with Crippen molar-refractivity contribution in [2.75, 3.05) is 5.32 Å². The van der Waals surface area contributed by atoms with Gasteiger partial charge in [-0.25, -0.2) is 0 Å². The molecule has 0 unspecified atom stereocenters. The van der Waals surface area contributed by atoms with Crippen molar-refractivity contribution >= 4 is 17.1 Å². The van der Waals surface area contributed by atoms with Gasteiger partial charge in [0.05, 0.1) is 16.3 Å². The lowest BCUT2D eigenvalue weighted by molar-refractivity contribution is -0.384. The summed E-state index contributed by atoms with van der Waals surface area (Å²) in [4.78, 5) is 14.2. The predicted molar refractivity (Wildman–Crippen MR) is 66.8 cm³/mol. The molecule has 1 N–H and O–H groups in total. The number of rotatable bonds is 4. The largest absolute Gasteiger partial charge is 0.347 e. The van der Waals surface area contributed by atoms with Crippen LogP contribution in [0.15, 0.2) is 24.7 Å². The predicted octanol–water partition coefficient (Wildman–Crippen LogP) is 2.03. The zero-order valence-corrected chi connectivity index (χ0v) is 10.1. The number of hydrogen-bond donors (Lipinski definition) is 1. The van der Waals surface area contributed by atoms with E-state index in [1.807, 2.05) is 14.0 Å². The molecule has 0 spiro atoms. The van der Waals surface area contributed by atoms with E-state index in [4.69, 9.17) is 0 Å². The number of nitrogens with zero attached hydrogens (tertiary/aromatic N) is 4. The molecule has 94 valence electrons. The Balaban J connectivity index is 2.36. The Labute approximate surface area is 104 Å². The number of nitro groups is 1. The minimum Gasteiger partial charge on any atom is -0.347 e. The SMILES string of the molecule is CCc1nn(C)cc1Nc1ccncc1[N+](=O)[O-]. The van der Waals surface area contributed by atoms with Crippen LogP contribution in [0, 0.1) is 10.1 Å². The maximum Gasteiger partial charge on any atom is 0.310 e. The van der Waals surface area contributed by atoms with Crippen LogP contribution >= 0.6 is 0 Å². The van der Waals surface area contributed by atoms with Crippen molar-refractivity contribution < 1.29 is 4.92 Å². The highest BCUT2D eigenvalue weighted by Crippen LogP contribution is 2.27. The van der Waals surface area contributed by atoms with E-state index in [9.17, 15) is 10.1 Å². The molecule has 0 aliphatic heterocycles. The highest BCUT2D eigenvalue weighted by molar-refractivity contribution is 5.69. The van der Waals surface area contributed by atoms with E-state index in [1.54, 1.807) is 16.9 Å². The number of hydrogen-bond acceptors (Lipinski definition) is 5. The monoisotopic (exact) mass is 247 g/mol. The maximum absolute atomic E-state index is 10.9. The molecule has 0 radical (unpaired) electrons. The Morgan fingerprint density at radius 1 is 1.50 bits per heavy atom. The number of pyridine rings is 1. The van der Waals surface area contributed by atoms with Crippen LogP contribution in [0.4, 0.5) is 17.1 Å². The zero-order chi connectivity index (χ0) is 13.1. The summed E-state index contributed by atoms with van der Waals surface area (Å²) in [6.45, 7) is 1.98. The van der Waals surface area contributed by atoms with Gasteiger partial charge in [0.1, 0.15) is 11.9 Å². The topological polar surface area (TPSA) is 85.9 Å². The van der Waals surface area contributed by atoms with Crippen LogP contribution in [0.25, 0.3) is 0 Å². The lowest BCUT2D eigenvalue weighted by Gasteiger charge is -2.05. The van der Waals surface area contributed by atoms with Gasteiger partial charge in [-0.1, -0.05) is 6.92 Å². The Morgan fingerprint density at radius 2 is 2.28 bits per heavy atom. The molecule has 0 aliphatic carbocycles. The van der Waals surface area contributed by atoms with Gasteiger partial charge in [-0.05, 0) is 12.5 Å². The molecule has 0 atom stereocenters. The van der Waals surface area contributed by atoms with Gasteiger partial charge >= 0.3 is 5.69 Å². The Morgan fingerprint density at radius 3 is 2.94 bits per heavy atom. The first kappa shape index (κ1) is 12.0. The molecule has 2 heterocycles. The van der Waals surface area contributed by atoms with Gasteiger partial charge in [0, 0.05) is 19.4 Å². The fourth-order valence-corrected chi connectivity index (χ4v) is 1.68. The molecular formula is C11H13N5O2. The van der Waals surface area contributed by atoms with E-state index in [-0.39, 0.29) is 5.69 Å². The van der Waals surface area contributed by atoms with Gasteiger partial charge in [-0.3, -0.25) is 19.8 Å². The van der Waals surface area contributed by atoms with Gasteiger partial charge < -0.3 is 5.32 Å². The van der Waals surface area contributed by atoms with E-state index in [0.717, 1.165) is 17.8 Å². The molecule has 0 bridgehead atoms. The Bertz CT molecular complexity index is 579. The second kappa shape index (κ2) is 4.82. The first-order chi connectivity index (χ1) is 8.61. The fraction of sp³-hybridized carbons (Fsp3) is 0.273. The van der Waals surface area contributed by atoms with E-state index >= 15 is 0 Å². The molecule has 0 aliphatic rings. The number of nitrogens with one attached hydrogen (secondary N) is 1. The third kappa shape index (κ3) is 2.29. The van der Waals surface area contributed by atoms with E-state index in [0.29, 0.717) is 5.69 Å². The van der Waals surface area contributed by atoms with Gasteiger partial charge in [0.25, 0.3) is 0 Å². The third-order valence-electron chi connectivity index (χ3n) is 2.51. The highest BCUT2D eigenvalue weighted by Gasteiger charge is 2.15. The van der Waals surface area contributed by atoms with E-state index in [2.05, 4.69) is 15.4 Å². The number of aromatic nitrogens is 3. The fourth-order valence-electron chi connectivity index (χ4n) is 1.68. The number of anilines is 2. The summed E-state index contributed by atoms with van der Waals surface area (Å²) in [5.41, 5.74) is 2.00. The van der Waals surface area contributed by atoms with Crippen LogP contribution in [0.5, 0.6) is 0 Å². The summed E-state index contributed by atoms with van der Waals surface area (Å²) in [7, 11) is 1.81. The van der Waals surface area contributed by atoms with Crippen molar-refractivity contribution in [1.29, 1.82) is 0 Å². The molecule has 7 nitrogen and oxygen atoms in total. The quantitative estimate of drug-likeness (QED) is 0.659. The second-order valence-corrected chi connectivity index (χ2v) is 3.79. The van der Waals surface area contributed by atoms with Crippen molar-refractivity contribution in [2.24, 2.45) is 7.05 Å². The van der Waals surface area contributed by atoms with Gasteiger partial charge in [0.15, 0.2) is 0 Å². The average Bonchev–Trinajstić information content (AvgIpc) is 2.70. The zero-order valence-electron chi connectivity index (χ0n) is 10.1. The molecule has 0 aromatic carbocycles. The summed E-state index contributed by atoms with van der Waals surface area (Å²) < 4.78 is 1.67. The second-order valence-electron chi connectivity index (χ2n) is 3.79. The van der Waals surface area contributed by atoms with Crippen molar-refractivity contribution in [3.05, 3.63) is 40.5 Å². The first-order valence-electron chi connectivity index (χ1n) is 5.49. The standard InChI is InChI=1S/C11H13N5O2/c1-3-8-10(7-15(2)14-8)13-9-4-5-12-6-11(9)16(17)18/h4-7H,3H2,1-2H3,(H,12,13). The molecule has 7 heteroatoms. The molecule has 0 amide bonds. The summed E-state index contributed by atoms with van der Waals surface area (Å²) in [5, 5.41) is 18.2. The van der Waals surface area contributed by atoms with Crippen molar-refractivity contribution in [1.82, 2.24) is 14.8 Å². The normalized spacial score (nSPS) is 10.3. The van der Waals surface area contributed by atoms with Gasteiger partial charge in [-0.15, -0.1) is 0 Å². The van der Waals surface area contributed by atoms with E-state index < -0.39 is 4.92 Å². The lowest BCUT2D eigenvalue weighted by atomic mass is 10.2. The summed E-state index contributed by atoms with van der Waals surface area (Å²) in [6, 6.07) is 1.57. The Hall–Kier alpha value is -2.44. The van der Waals surface area contributed by atoms with Crippen LogP contribution in [0.2, 0.25) is 0 Å². The van der Waals surface area contributed by atoms with Crippen LogP contribution < -0.4 is 5.32 Å². The first-order valence-corrected chi connectivity index (χ1v) is 5.49.